The average molecular weight is 858 g/mol. The largest absolute Gasteiger partial charge is 0.399 e. The second-order valence-electron chi connectivity index (χ2n) is 7.58. The summed E-state index contributed by atoms with van der Waals surface area (Å²) in [5, 5.41) is 59.0. The molecule has 2 amide bonds. The van der Waals surface area contributed by atoms with Gasteiger partial charge >= 0.3 is 0 Å². The number of hydrogen-bond acceptors (Lipinski definition) is 10. The number of hydrogen-bond donors (Lipinski definition) is 10. The van der Waals surface area contributed by atoms with Crippen LogP contribution in [0.1, 0.15) is 31.8 Å². The van der Waals surface area contributed by atoms with Crippen LogP contribution in [0, 0.1) is 10.7 Å². The number of carbonyl (C=O) groups excluding carboxylic acids is 2. The highest BCUT2D eigenvalue weighted by molar-refractivity contribution is 14.1. The van der Waals surface area contributed by atoms with Gasteiger partial charge in [0.25, 0.3) is 11.8 Å². The summed E-state index contributed by atoms with van der Waals surface area (Å²) in [6.07, 6.45) is -2.00. The maximum Gasteiger partial charge on any atom is 0.253 e. The summed E-state index contributed by atoms with van der Waals surface area (Å²) >= 11 is 6.01. The topological polar surface area (TPSA) is 232 Å². The molecule has 2 atom stereocenters. The quantitative estimate of drug-likeness (QED) is 0.109. The number of benzene rings is 2. The van der Waals surface area contributed by atoms with Crippen LogP contribution >= 0.6 is 67.8 Å². The van der Waals surface area contributed by atoms with Gasteiger partial charge in [-0.1, -0.05) is 0 Å². The van der Waals surface area contributed by atoms with Crippen molar-refractivity contribution in [1.29, 1.82) is 0 Å². The monoisotopic (exact) mass is 858 g/mol. The van der Waals surface area contributed by atoms with Crippen LogP contribution in [0.15, 0.2) is 18.2 Å². The number of aliphatic hydroxyl groups excluding tert-OH is 6. The molecule has 12 nitrogen and oxygen atoms in total. The third-order valence-electron chi connectivity index (χ3n) is 4.70. The molecule has 0 heterocycles. The summed E-state index contributed by atoms with van der Waals surface area (Å²) in [6, 6.07) is 4.55. The number of nitrogen functional groups attached to an aromatic ring is 2. The molecule has 0 fully saturated rings. The lowest BCUT2D eigenvalue weighted by molar-refractivity contribution is 0.0798. The number of halogens is 3. The van der Waals surface area contributed by atoms with Gasteiger partial charge in [0.2, 0.25) is 0 Å². The van der Waals surface area contributed by atoms with E-state index >= 15 is 0 Å². The minimum atomic E-state index is -1.01. The summed E-state index contributed by atoms with van der Waals surface area (Å²) in [7, 11) is 0. The molecular formula is C22H29I3N4O8. The molecular weight excluding hydrogens is 829 g/mol. The SMILES string of the molecule is Nc1c(I)c(CO)c(I)c(C(=O)NCC(O)CO)c1I.Nc1cc(CO)cc(C(=O)NCC(O)CO)c1. The molecule has 0 radical (unpaired) electrons. The van der Waals surface area contributed by atoms with Crippen LogP contribution in [0.3, 0.4) is 0 Å². The molecule has 2 rings (SSSR count). The van der Waals surface area contributed by atoms with E-state index in [0.717, 1.165) is 3.57 Å². The molecule has 0 saturated heterocycles. The van der Waals surface area contributed by atoms with E-state index in [9.17, 15) is 19.8 Å². The molecule has 2 unspecified atom stereocenters. The van der Waals surface area contributed by atoms with Crippen LogP contribution in [-0.2, 0) is 13.2 Å². The highest BCUT2D eigenvalue weighted by atomic mass is 127. The zero-order chi connectivity index (χ0) is 28.3. The van der Waals surface area contributed by atoms with Crippen molar-refractivity contribution in [3.05, 3.63) is 51.2 Å². The van der Waals surface area contributed by atoms with Crippen LogP contribution < -0.4 is 22.1 Å². The van der Waals surface area contributed by atoms with Gasteiger partial charge in [-0.2, -0.15) is 0 Å². The fraction of sp³-hybridized carbons (Fsp3) is 0.364. The molecule has 0 aliphatic rings. The van der Waals surface area contributed by atoms with Gasteiger partial charge in [0.05, 0.1) is 53.5 Å². The molecule has 2 aromatic carbocycles. The fourth-order valence-corrected chi connectivity index (χ4v) is 6.75. The summed E-state index contributed by atoms with van der Waals surface area (Å²) < 4.78 is 1.96. The number of aliphatic hydroxyl groups is 6. The maximum atomic E-state index is 12.2. The Morgan fingerprint density at radius 2 is 1.32 bits per heavy atom. The minimum Gasteiger partial charge on any atom is -0.399 e. The Hall–Kier alpha value is -1.07. The van der Waals surface area contributed by atoms with Crippen molar-refractivity contribution in [3.8, 4) is 0 Å². The van der Waals surface area contributed by atoms with Gasteiger partial charge in [-0.25, -0.2) is 0 Å². The summed E-state index contributed by atoms with van der Waals surface area (Å²) in [5.41, 5.74) is 14.2. The lowest BCUT2D eigenvalue weighted by Crippen LogP contribution is -2.35. The Bertz CT molecular complexity index is 1090. The molecule has 0 spiro atoms. The highest BCUT2D eigenvalue weighted by Gasteiger charge is 2.23. The van der Waals surface area contributed by atoms with E-state index in [0.29, 0.717) is 40.8 Å². The number of nitrogens with one attached hydrogen (secondary N) is 2. The van der Waals surface area contributed by atoms with Gasteiger partial charge in [-0.15, -0.1) is 0 Å². The standard InChI is InChI=1S/C11H13I3N2O4.C11H16N2O4/c12-7-5(3-18)8(13)10(15)9(14)6(7)11(20)16-1-4(19)2-17;12-9-2-7(5-14)1-8(3-9)11(17)13-4-10(16)6-15/h4,17-19H,1-3,15H2,(H,16,20);1-3,10,14-16H,4-6,12H2,(H,13,17). The number of carbonyl (C=O) groups is 2. The average Bonchev–Trinajstić information content (AvgIpc) is 2.89. The first-order valence-electron chi connectivity index (χ1n) is 10.6. The van der Waals surface area contributed by atoms with Crippen LogP contribution in [0.5, 0.6) is 0 Å². The Kier molecular flexibility index (Phi) is 15.4. The Morgan fingerprint density at radius 1 is 0.784 bits per heavy atom. The third-order valence-corrected chi connectivity index (χ3v) is 8.25. The highest BCUT2D eigenvalue weighted by Crippen LogP contribution is 2.33. The first kappa shape index (κ1) is 34.0. The zero-order valence-electron chi connectivity index (χ0n) is 19.4. The van der Waals surface area contributed by atoms with Gasteiger partial charge in [0, 0.05) is 37.0 Å². The van der Waals surface area contributed by atoms with Crippen molar-refractivity contribution >= 4 is 91.0 Å². The van der Waals surface area contributed by atoms with E-state index in [1.165, 1.54) is 12.1 Å². The van der Waals surface area contributed by atoms with Crippen molar-refractivity contribution in [3.63, 3.8) is 0 Å². The predicted molar refractivity (Wildman–Crippen MR) is 163 cm³/mol. The lowest BCUT2D eigenvalue weighted by Gasteiger charge is -2.16. The van der Waals surface area contributed by atoms with Gasteiger partial charge < -0.3 is 52.7 Å². The molecule has 2 aromatic rings. The number of amides is 2. The smallest absolute Gasteiger partial charge is 0.253 e. The van der Waals surface area contributed by atoms with E-state index in [1.807, 2.05) is 67.8 Å². The van der Waals surface area contributed by atoms with E-state index in [2.05, 4.69) is 10.6 Å². The summed E-state index contributed by atoms with van der Waals surface area (Å²) in [5.74, 6) is -0.816. The van der Waals surface area contributed by atoms with Crippen molar-refractivity contribution in [2.45, 2.75) is 25.4 Å². The molecule has 206 valence electrons. The predicted octanol–water partition coefficient (Wildman–Crippen LogP) is -0.498. The third kappa shape index (κ3) is 10.2. The first-order chi connectivity index (χ1) is 17.4. The van der Waals surface area contributed by atoms with Crippen molar-refractivity contribution < 1.29 is 40.2 Å². The molecule has 37 heavy (non-hydrogen) atoms. The molecule has 0 saturated carbocycles. The minimum absolute atomic E-state index is 0.0431. The molecule has 0 aliphatic carbocycles. The number of rotatable bonds is 10. The molecule has 15 heteroatoms. The van der Waals surface area contributed by atoms with Crippen LogP contribution in [0.25, 0.3) is 0 Å². The second kappa shape index (κ2) is 16.8. The van der Waals surface area contributed by atoms with E-state index in [4.69, 9.17) is 31.9 Å². The lowest BCUT2D eigenvalue weighted by atomic mass is 10.1. The van der Waals surface area contributed by atoms with Gasteiger partial charge in [-0.05, 0) is 91.5 Å². The normalized spacial score (nSPS) is 12.2. The van der Waals surface area contributed by atoms with Crippen molar-refractivity contribution in [1.82, 2.24) is 10.6 Å². The molecule has 12 N–H and O–H groups in total. The fourth-order valence-electron chi connectivity index (χ4n) is 2.76. The van der Waals surface area contributed by atoms with Gasteiger partial charge in [-0.3, -0.25) is 9.59 Å². The van der Waals surface area contributed by atoms with Crippen molar-refractivity contribution in [2.24, 2.45) is 0 Å². The van der Waals surface area contributed by atoms with E-state index < -0.39 is 37.2 Å². The van der Waals surface area contributed by atoms with Crippen LogP contribution in [-0.4, -0.2) is 81.0 Å². The van der Waals surface area contributed by atoms with Crippen molar-refractivity contribution in [2.75, 3.05) is 37.8 Å². The number of nitrogens with two attached hydrogens (primary N) is 2. The Morgan fingerprint density at radius 3 is 1.81 bits per heavy atom. The number of anilines is 2. The van der Waals surface area contributed by atoms with Crippen LogP contribution in [0.4, 0.5) is 11.4 Å². The van der Waals surface area contributed by atoms with Crippen LogP contribution in [0.2, 0.25) is 0 Å². The summed E-state index contributed by atoms with van der Waals surface area (Å²) in [4.78, 5) is 23.8. The second-order valence-corrected chi connectivity index (χ2v) is 10.8. The van der Waals surface area contributed by atoms with E-state index in [-0.39, 0.29) is 26.3 Å². The Labute approximate surface area is 254 Å². The molecule has 0 aromatic heterocycles. The molecule has 0 aliphatic heterocycles. The first-order valence-corrected chi connectivity index (χ1v) is 13.8. The van der Waals surface area contributed by atoms with Gasteiger partial charge in [0.1, 0.15) is 0 Å². The Balaban J connectivity index is 0.000000375. The van der Waals surface area contributed by atoms with Gasteiger partial charge in [0.15, 0.2) is 0 Å². The zero-order valence-corrected chi connectivity index (χ0v) is 25.9. The van der Waals surface area contributed by atoms with E-state index in [1.54, 1.807) is 6.07 Å². The summed E-state index contributed by atoms with van der Waals surface area (Å²) in [6.45, 7) is -1.35. The molecule has 0 bridgehead atoms. The maximum absolute atomic E-state index is 12.2.